The summed E-state index contributed by atoms with van der Waals surface area (Å²) in [5, 5.41) is 0.988. The molecule has 0 aliphatic carbocycles. The van der Waals surface area contributed by atoms with Gasteiger partial charge in [-0.2, -0.15) is 0 Å². The highest BCUT2D eigenvalue weighted by molar-refractivity contribution is 6.30. The molecule has 3 heterocycles. The minimum atomic E-state index is -0.589. The largest absolute Gasteiger partial charge is 0.430 e. The van der Waals surface area contributed by atoms with E-state index < -0.39 is 11.2 Å². The molecule has 7 heteroatoms. The van der Waals surface area contributed by atoms with Gasteiger partial charge in [0.05, 0.1) is 16.8 Å². The number of nitrogens with one attached hydrogen (secondary N) is 1. The standard InChI is InChI=1S/C27H16ClN3O3/c28-18-12-7-13-19(14-18)31-26(32)24-23(30-27(31)33)22-20(16-8-3-1-4-9-16)15-21(29-25(22)34-24)17-10-5-2-6-11-17/h1-15H,(H,30,33). The molecule has 0 unspecified atom stereocenters. The van der Waals surface area contributed by atoms with E-state index in [0.29, 0.717) is 27.3 Å². The maximum atomic E-state index is 13.4. The first-order valence-corrected chi connectivity index (χ1v) is 11.0. The third-order valence-electron chi connectivity index (χ3n) is 5.72. The van der Waals surface area contributed by atoms with Gasteiger partial charge in [0.1, 0.15) is 5.52 Å². The van der Waals surface area contributed by atoms with Crippen molar-refractivity contribution >= 4 is 33.8 Å². The maximum absolute atomic E-state index is 13.4. The molecular weight excluding hydrogens is 450 g/mol. The molecule has 0 saturated heterocycles. The number of rotatable bonds is 3. The van der Waals surface area contributed by atoms with Crippen molar-refractivity contribution in [3.05, 3.63) is 117 Å². The highest BCUT2D eigenvalue weighted by Gasteiger charge is 2.21. The molecule has 6 aromatic rings. The van der Waals surface area contributed by atoms with Crippen LogP contribution in [0.4, 0.5) is 0 Å². The van der Waals surface area contributed by atoms with Gasteiger partial charge in [-0.15, -0.1) is 0 Å². The third-order valence-corrected chi connectivity index (χ3v) is 5.95. The Morgan fingerprint density at radius 3 is 2.24 bits per heavy atom. The minimum Gasteiger partial charge on any atom is -0.430 e. The zero-order valence-corrected chi connectivity index (χ0v) is 18.4. The summed E-state index contributed by atoms with van der Waals surface area (Å²) in [6.07, 6.45) is 0. The van der Waals surface area contributed by atoms with E-state index in [-0.39, 0.29) is 11.3 Å². The molecule has 164 valence electrons. The molecule has 0 fully saturated rings. The first kappa shape index (κ1) is 20.2. The van der Waals surface area contributed by atoms with E-state index in [0.717, 1.165) is 21.3 Å². The zero-order chi connectivity index (χ0) is 23.2. The summed E-state index contributed by atoms with van der Waals surface area (Å²) in [6.45, 7) is 0. The van der Waals surface area contributed by atoms with E-state index in [2.05, 4.69) is 4.98 Å². The SMILES string of the molecule is O=c1[nH]c2c(oc3nc(-c4ccccc4)cc(-c4ccccc4)c32)c(=O)n1-c1cccc(Cl)c1. The molecule has 6 rings (SSSR count). The highest BCUT2D eigenvalue weighted by Crippen LogP contribution is 2.36. The molecule has 0 amide bonds. The van der Waals surface area contributed by atoms with E-state index >= 15 is 0 Å². The van der Waals surface area contributed by atoms with Crippen molar-refractivity contribution in [2.75, 3.05) is 0 Å². The predicted molar refractivity (Wildman–Crippen MR) is 134 cm³/mol. The van der Waals surface area contributed by atoms with Crippen molar-refractivity contribution in [2.24, 2.45) is 0 Å². The molecule has 0 aliphatic rings. The van der Waals surface area contributed by atoms with Crippen molar-refractivity contribution in [1.29, 1.82) is 0 Å². The van der Waals surface area contributed by atoms with Crippen molar-refractivity contribution in [2.45, 2.75) is 0 Å². The molecule has 34 heavy (non-hydrogen) atoms. The van der Waals surface area contributed by atoms with Gasteiger partial charge in [0, 0.05) is 10.6 Å². The number of aromatic nitrogens is 3. The average Bonchev–Trinajstić information content (AvgIpc) is 3.23. The first-order valence-electron chi connectivity index (χ1n) is 10.6. The number of H-pyrrole nitrogens is 1. The van der Waals surface area contributed by atoms with E-state index in [4.69, 9.17) is 21.0 Å². The third kappa shape index (κ3) is 3.24. The second kappa shape index (κ2) is 7.86. The molecular formula is C27H16ClN3O3. The van der Waals surface area contributed by atoms with Crippen molar-refractivity contribution in [3.63, 3.8) is 0 Å². The molecule has 0 radical (unpaired) electrons. The lowest BCUT2D eigenvalue weighted by atomic mass is 10.00. The number of pyridine rings is 1. The van der Waals surface area contributed by atoms with Gasteiger partial charge in [-0.05, 0) is 35.4 Å². The van der Waals surface area contributed by atoms with Crippen LogP contribution < -0.4 is 11.2 Å². The smallest absolute Gasteiger partial charge is 0.333 e. The lowest BCUT2D eigenvalue weighted by Gasteiger charge is -2.08. The van der Waals surface area contributed by atoms with Crippen LogP contribution in [0.25, 0.3) is 50.3 Å². The molecule has 1 N–H and O–H groups in total. The molecule has 3 aromatic carbocycles. The molecule has 0 saturated carbocycles. The Bertz CT molecular complexity index is 1800. The van der Waals surface area contributed by atoms with Gasteiger partial charge in [0.2, 0.25) is 11.3 Å². The van der Waals surface area contributed by atoms with Gasteiger partial charge in [-0.3, -0.25) is 4.79 Å². The fourth-order valence-electron chi connectivity index (χ4n) is 4.18. The van der Waals surface area contributed by atoms with Gasteiger partial charge in [0.15, 0.2) is 0 Å². The molecule has 0 aliphatic heterocycles. The summed E-state index contributed by atoms with van der Waals surface area (Å²) in [4.78, 5) is 34.0. The van der Waals surface area contributed by atoms with Crippen molar-refractivity contribution < 1.29 is 4.42 Å². The number of hydrogen-bond donors (Lipinski definition) is 1. The van der Waals surface area contributed by atoms with Gasteiger partial charge in [0.25, 0.3) is 0 Å². The average molecular weight is 466 g/mol. The lowest BCUT2D eigenvalue weighted by Crippen LogP contribution is -2.33. The molecule has 0 bridgehead atoms. The van der Waals surface area contributed by atoms with Crippen LogP contribution in [0.3, 0.4) is 0 Å². The number of aromatic amines is 1. The second-order valence-electron chi connectivity index (χ2n) is 7.82. The van der Waals surface area contributed by atoms with Gasteiger partial charge < -0.3 is 9.40 Å². The van der Waals surface area contributed by atoms with E-state index in [1.807, 2.05) is 66.7 Å². The van der Waals surface area contributed by atoms with Crippen LogP contribution in [0.15, 0.2) is 105 Å². The monoisotopic (exact) mass is 465 g/mol. The molecule has 3 aromatic heterocycles. The van der Waals surface area contributed by atoms with Crippen LogP contribution in [0.1, 0.15) is 0 Å². The Hall–Kier alpha value is -4.42. The van der Waals surface area contributed by atoms with E-state index in [1.54, 1.807) is 24.3 Å². The van der Waals surface area contributed by atoms with Crippen molar-refractivity contribution in [1.82, 2.24) is 14.5 Å². The molecule has 0 atom stereocenters. The number of hydrogen-bond acceptors (Lipinski definition) is 4. The fraction of sp³-hybridized carbons (Fsp3) is 0. The quantitative estimate of drug-likeness (QED) is 0.357. The molecule has 6 nitrogen and oxygen atoms in total. The predicted octanol–water partition coefficient (Wildman–Crippen LogP) is 5.81. The highest BCUT2D eigenvalue weighted by atomic mass is 35.5. The van der Waals surface area contributed by atoms with Crippen LogP contribution in [0.5, 0.6) is 0 Å². The summed E-state index contributed by atoms with van der Waals surface area (Å²) in [5.74, 6) is 0. The number of furan rings is 1. The van der Waals surface area contributed by atoms with Gasteiger partial charge in [-0.25, -0.2) is 14.3 Å². The Morgan fingerprint density at radius 1 is 0.824 bits per heavy atom. The number of benzene rings is 3. The minimum absolute atomic E-state index is 0.0180. The normalized spacial score (nSPS) is 11.3. The number of fused-ring (bicyclic) bond motifs is 3. The Kier molecular flexibility index (Phi) is 4.67. The maximum Gasteiger partial charge on any atom is 0.333 e. The van der Waals surface area contributed by atoms with Crippen LogP contribution in [-0.2, 0) is 0 Å². The fourth-order valence-corrected chi connectivity index (χ4v) is 4.36. The van der Waals surface area contributed by atoms with Crippen LogP contribution >= 0.6 is 11.6 Å². The van der Waals surface area contributed by atoms with E-state index in [1.165, 1.54) is 0 Å². The topological polar surface area (TPSA) is 80.9 Å². The van der Waals surface area contributed by atoms with Crippen LogP contribution in [0.2, 0.25) is 5.02 Å². The summed E-state index contributed by atoms with van der Waals surface area (Å²) < 4.78 is 7.02. The summed E-state index contributed by atoms with van der Waals surface area (Å²) >= 11 is 6.09. The van der Waals surface area contributed by atoms with Gasteiger partial charge >= 0.3 is 11.2 Å². The Morgan fingerprint density at radius 2 is 1.53 bits per heavy atom. The Labute approximate surface area is 197 Å². The molecule has 0 spiro atoms. The number of nitrogens with zero attached hydrogens (tertiary/aromatic N) is 2. The first-order chi connectivity index (χ1) is 16.6. The lowest BCUT2D eigenvalue weighted by molar-refractivity contribution is 0.642. The Balaban J connectivity index is 1.72. The van der Waals surface area contributed by atoms with Crippen LogP contribution in [-0.4, -0.2) is 14.5 Å². The summed E-state index contributed by atoms with van der Waals surface area (Å²) in [5.41, 5.74) is 3.10. The summed E-state index contributed by atoms with van der Waals surface area (Å²) in [6, 6.07) is 27.9. The second-order valence-corrected chi connectivity index (χ2v) is 8.26. The van der Waals surface area contributed by atoms with Gasteiger partial charge in [-0.1, -0.05) is 78.3 Å². The number of halogens is 1. The van der Waals surface area contributed by atoms with E-state index in [9.17, 15) is 9.59 Å². The zero-order valence-electron chi connectivity index (χ0n) is 17.7. The van der Waals surface area contributed by atoms with Crippen LogP contribution in [0, 0.1) is 0 Å². The summed E-state index contributed by atoms with van der Waals surface area (Å²) in [7, 11) is 0. The van der Waals surface area contributed by atoms with Crippen molar-refractivity contribution in [3.8, 4) is 28.1 Å².